The standard InChI is InChI=1S/C27H29N3O3S/c1-5-29(6-2)34(32,33)24-15-12-21(13-16-24)27(31)28-26-25-10-8-7-9-22(25)18-30(26)23-14-11-19(3)20(4)17-23/h7-17H,5-6,18H2,1-4H3. The smallest absolute Gasteiger partial charge is 0.278 e. The predicted molar refractivity (Wildman–Crippen MR) is 136 cm³/mol. The van der Waals surface area contributed by atoms with Crippen molar-refractivity contribution in [2.45, 2.75) is 39.1 Å². The van der Waals surface area contributed by atoms with Crippen molar-refractivity contribution in [3.8, 4) is 0 Å². The first kappa shape index (κ1) is 23.9. The van der Waals surface area contributed by atoms with E-state index in [1.165, 1.54) is 39.7 Å². The maximum Gasteiger partial charge on any atom is 0.278 e. The Kier molecular flexibility index (Phi) is 6.68. The van der Waals surface area contributed by atoms with Crippen LogP contribution in [0.5, 0.6) is 0 Å². The molecule has 4 rings (SSSR count). The van der Waals surface area contributed by atoms with Crippen LogP contribution in [0, 0.1) is 13.8 Å². The lowest BCUT2D eigenvalue weighted by Crippen LogP contribution is -2.30. The van der Waals surface area contributed by atoms with Crippen LogP contribution in [0.25, 0.3) is 0 Å². The molecule has 3 aromatic carbocycles. The lowest BCUT2D eigenvalue weighted by molar-refractivity contribution is 0.100. The zero-order valence-electron chi connectivity index (χ0n) is 19.9. The summed E-state index contributed by atoms with van der Waals surface area (Å²) in [4.78, 5) is 19.9. The first-order valence-corrected chi connectivity index (χ1v) is 12.9. The van der Waals surface area contributed by atoms with E-state index in [0.717, 1.165) is 16.8 Å². The first-order chi connectivity index (χ1) is 16.3. The Morgan fingerprint density at radius 1 is 0.941 bits per heavy atom. The molecule has 6 nitrogen and oxygen atoms in total. The van der Waals surface area contributed by atoms with Crippen LogP contribution in [0.2, 0.25) is 0 Å². The highest BCUT2D eigenvalue weighted by Gasteiger charge is 2.28. The molecule has 0 atom stereocenters. The van der Waals surface area contributed by atoms with E-state index in [4.69, 9.17) is 0 Å². The highest BCUT2D eigenvalue weighted by atomic mass is 32.2. The maximum absolute atomic E-state index is 13.1. The van der Waals surface area contributed by atoms with Gasteiger partial charge in [0, 0.05) is 29.9 Å². The quantitative estimate of drug-likeness (QED) is 0.506. The Bertz CT molecular complexity index is 1360. The lowest BCUT2D eigenvalue weighted by Gasteiger charge is -2.20. The molecule has 0 aliphatic carbocycles. The second kappa shape index (κ2) is 9.52. The van der Waals surface area contributed by atoms with E-state index >= 15 is 0 Å². The van der Waals surface area contributed by atoms with Crippen molar-refractivity contribution in [3.63, 3.8) is 0 Å². The number of aryl methyl sites for hydroxylation is 2. The van der Waals surface area contributed by atoms with Crippen LogP contribution in [-0.2, 0) is 16.6 Å². The summed E-state index contributed by atoms with van der Waals surface area (Å²) in [6, 6.07) is 20.2. The molecule has 1 amide bonds. The van der Waals surface area contributed by atoms with Gasteiger partial charge in [0.1, 0.15) is 5.84 Å². The monoisotopic (exact) mass is 475 g/mol. The fraction of sp³-hybridized carbons (Fsp3) is 0.259. The molecule has 1 aliphatic heterocycles. The molecule has 0 aromatic heterocycles. The summed E-state index contributed by atoms with van der Waals surface area (Å²) in [6.45, 7) is 9.15. The van der Waals surface area contributed by atoms with Gasteiger partial charge >= 0.3 is 0 Å². The third-order valence-electron chi connectivity index (χ3n) is 6.30. The fourth-order valence-corrected chi connectivity index (χ4v) is 5.60. The van der Waals surface area contributed by atoms with Gasteiger partial charge in [-0.25, -0.2) is 8.42 Å². The van der Waals surface area contributed by atoms with Gasteiger partial charge in [-0.1, -0.05) is 44.2 Å². The Balaban J connectivity index is 1.69. The molecule has 0 N–H and O–H groups in total. The first-order valence-electron chi connectivity index (χ1n) is 11.4. The summed E-state index contributed by atoms with van der Waals surface area (Å²) in [7, 11) is -3.58. The van der Waals surface area contributed by atoms with Gasteiger partial charge in [0.05, 0.1) is 11.4 Å². The van der Waals surface area contributed by atoms with Crippen molar-refractivity contribution in [2.75, 3.05) is 18.0 Å². The van der Waals surface area contributed by atoms with Crippen molar-refractivity contribution < 1.29 is 13.2 Å². The van der Waals surface area contributed by atoms with E-state index < -0.39 is 15.9 Å². The lowest BCUT2D eigenvalue weighted by atomic mass is 10.1. The Labute approximate surface area is 201 Å². The van der Waals surface area contributed by atoms with E-state index in [2.05, 4.69) is 31.0 Å². The Morgan fingerprint density at radius 3 is 2.26 bits per heavy atom. The van der Waals surface area contributed by atoms with Crippen molar-refractivity contribution in [1.29, 1.82) is 0 Å². The van der Waals surface area contributed by atoms with Crippen molar-refractivity contribution in [2.24, 2.45) is 4.99 Å². The van der Waals surface area contributed by atoms with Crippen LogP contribution in [0.3, 0.4) is 0 Å². The molecule has 0 fully saturated rings. The van der Waals surface area contributed by atoms with Crippen LogP contribution in [-0.4, -0.2) is 37.6 Å². The molecule has 0 unspecified atom stereocenters. The molecule has 0 radical (unpaired) electrons. The third kappa shape index (κ3) is 4.41. The number of carbonyl (C=O) groups excluding carboxylic acids is 1. The minimum Gasteiger partial charge on any atom is -0.321 e. The van der Waals surface area contributed by atoms with Crippen LogP contribution < -0.4 is 4.90 Å². The number of sulfonamides is 1. The van der Waals surface area contributed by atoms with Gasteiger partial charge in [-0.2, -0.15) is 9.30 Å². The Hall–Kier alpha value is -3.29. The van der Waals surface area contributed by atoms with Crippen molar-refractivity contribution >= 4 is 27.5 Å². The number of hydrogen-bond acceptors (Lipinski definition) is 3. The van der Waals surface area contributed by atoms with Crippen LogP contribution >= 0.6 is 0 Å². The molecule has 7 heteroatoms. The minimum atomic E-state index is -3.58. The molecule has 0 saturated carbocycles. The minimum absolute atomic E-state index is 0.170. The average Bonchev–Trinajstić information content (AvgIpc) is 3.20. The largest absolute Gasteiger partial charge is 0.321 e. The summed E-state index contributed by atoms with van der Waals surface area (Å²) >= 11 is 0. The SMILES string of the molecule is CCN(CC)S(=O)(=O)c1ccc(C(=O)N=C2c3ccccc3CN2c2ccc(C)c(C)c2)cc1. The highest BCUT2D eigenvalue weighted by molar-refractivity contribution is 7.89. The number of fused-ring (bicyclic) bond motifs is 1. The van der Waals surface area contributed by atoms with Gasteiger partial charge in [-0.15, -0.1) is 0 Å². The number of anilines is 1. The molecule has 3 aromatic rings. The number of nitrogens with zero attached hydrogens (tertiary/aromatic N) is 3. The Morgan fingerprint density at radius 2 is 1.62 bits per heavy atom. The second-order valence-electron chi connectivity index (χ2n) is 8.37. The normalized spacial score (nSPS) is 14.6. The summed E-state index contributed by atoms with van der Waals surface area (Å²) in [6.07, 6.45) is 0. The van der Waals surface area contributed by atoms with Gasteiger partial charge in [-0.3, -0.25) is 4.79 Å². The molecule has 0 spiro atoms. The van der Waals surface area contributed by atoms with Crippen LogP contribution in [0.1, 0.15) is 46.5 Å². The molecule has 0 saturated heterocycles. The highest BCUT2D eigenvalue weighted by Crippen LogP contribution is 2.30. The number of rotatable bonds is 6. The van der Waals surface area contributed by atoms with E-state index in [-0.39, 0.29) is 4.90 Å². The predicted octanol–water partition coefficient (Wildman–Crippen LogP) is 4.94. The number of aliphatic imine (C=N–C) groups is 1. The fourth-order valence-electron chi connectivity index (χ4n) is 4.14. The number of hydrogen-bond donors (Lipinski definition) is 0. The van der Waals surface area contributed by atoms with Crippen molar-refractivity contribution in [1.82, 2.24) is 4.31 Å². The van der Waals surface area contributed by atoms with Crippen molar-refractivity contribution in [3.05, 3.63) is 94.5 Å². The number of amides is 1. The number of amidine groups is 1. The second-order valence-corrected chi connectivity index (χ2v) is 10.3. The summed E-state index contributed by atoms with van der Waals surface area (Å²) in [5.74, 6) is 0.191. The summed E-state index contributed by atoms with van der Waals surface area (Å²) in [5.41, 5.74) is 5.73. The van der Waals surface area contributed by atoms with Gasteiger partial charge in [0.2, 0.25) is 10.0 Å². The summed E-state index contributed by atoms with van der Waals surface area (Å²) in [5, 5.41) is 0. The number of carbonyl (C=O) groups is 1. The zero-order valence-corrected chi connectivity index (χ0v) is 20.8. The number of benzene rings is 3. The van der Waals surface area contributed by atoms with Gasteiger partial charge in [-0.05, 0) is 66.9 Å². The maximum atomic E-state index is 13.1. The van der Waals surface area contributed by atoms with Gasteiger partial charge in [0.25, 0.3) is 5.91 Å². The molecule has 1 heterocycles. The van der Waals surface area contributed by atoms with E-state index in [1.54, 1.807) is 13.8 Å². The van der Waals surface area contributed by atoms with Crippen LogP contribution in [0.15, 0.2) is 76.6 Å². The molecule has 0 bridgehead atoms. The van der Waals surface area contributed by atoms with E-state index in [1.807, 2.05) is 35.2 Å². The molecular weight excluding hydrogens is 446 g/mol. The zero-order chi connectivity index (χ0) is 24.5. The van der Waals surface area contributed by atoms with Gasteiger partial charge < -0.3 is 4.90 Å². The van der Waals surface area contributed by atoms with E-state index in [9.17, 15) is 13.2 Å². The average molecular weight is 476 g/mol. The van der Waals surface area contributed by atoms with E-state index in [0.29, 0.717) is 31.0 Å². The molecule has 176 valence electrons. The molecular formula is C27H29N3O3S. The molecule has 1 aliphatic rings. The summed E-state index contributed by atoms with van der Waals surface area (Å²) < 4.78 is 26.9. The molecule has 34 heavy (non-hydrogen) atoms. The van der Waals surface area contributed by atoms with Gasteiger partial charge in [0.15, 0.2) is 0 Å². The topological polar surface area (TPSA) is 70.0 Å². The third-order valence-corrected chi connectivity index (χ3v) is 8.36. The van der Waals surface area contributed by atoms with Crippen LogP contribution in [0.4, 0.5) is 5.69 Å².